The van der Waals surface area contributed by atoms with Gasteiger partial charge in [0.25, 0.3) is 11.5 Å². The Kier molecular flexibility index (Phi) is 6.30. The number of nitrogens with zero attached hydrogens (tertiary/aromatic N) is 2. The van der Waals surface area contributed by atoms with Gasteiger partial charge in [0.1, 0.15) is 17.7 Å². The van der Waals surface area contributed by atoms with Crippen LogP contribution in [0.25, 0.3) is 11.1 Å². The molecule has 1 amide bonds. The third-order valence-electron chi connectivity index (χ3n) is 6.67. The van der Waals surface area contributed by atoms with Crippen LogP contribution in [0, 0.1) is 13.8 Å². The zero-order valence-electron chi connectivity index (χ0n) is 20.4. The van der Waals surface area contributed by atoms with Crippen LogP contribution in [0.1, 0.15) is 39.7 Å². The fourth-order valence-electron chi connectivity index (χ4n) is 4.88. The van der Waals surface area contributed by atoms with E-state index in [4.69, 9.17) is 9.72 Å². The lowest BCUT2D eigenvalue weighted by atomic mass is 9.97. The summed E-state index contributed by atoms with van der Waals surface area (Å²) < 4.78 is 6.12. The first-order valence-electron chi connectivity index (χ1n) is 12.1. The van der Waals surface area contributed by atoms with E-state index in [1.165, 1.54) is 0 Å². The van der Waals surface area contributed by atoms with Gasteiger partial charge in [-0.1, -0.05) is 0 Å². The van der Waals surface area contributed by atoms with Crippen molar-refractivity contribution in [1.29, 1.82) is 0 Å². The van der Waals surface area contributed by atoms with E-state index in [1.807, 2.05) is 57.3 Å². The predicted octanol–water partition coefficient (Wildman–Crippen LogP) is 2.72. The van der Waals surface area contributed by atoms with E-state index < -0.39 is 0 Å². The zero-order chi connectivity index (χ0) is 24.5. The number of piperazine rings is 1. The molecule has 0 radical (unpaired) electrons. The first-order valence-corrected chi connectivity index (χ1v) is 12.1. The maximum absolute atomic E-state index is 13.1. The Labute approximate surface area is 204 Å². The molecule has 0 bridgehead atoms. The second-order valence-corrected chi connectivity index (χ2v) is 9.41. The quantitative estimate of drug-likeness (QED) is 0.527. The average molecular weight is 474 g/mol. The standard InChI is InChI=1S/C27H31N5O3/c1-16-10-17(2)31-27(34)23(16)15-30-26(33)21-12-20-11-18(3)35-25(20)22(13-21)19-4-5-24(29-14-19)32-8-6-28-7-9-32/h4-5,10,12-14,18,28H,6-9,11,15H2,1-3H3,(H,30,33)(H,31,34). The summed E-state index contributed by atoms with van der Waals surface area (Å²) in [5, 5.41) is 6.28. The molecule has 8 heteroatoms. The van der Waals surface area contributed by atoms with E-state index >= 15 is 0 Å². The minimum Gasteiger partial charge on any atom is -0.489 e. The van der Waals surface area contributed by atoms with Crippen molar-refractivity contribution in [2.45, 2.75) is 39.8 Å². The predicted molar refractivity (Wildman–Crippen MR) is 136 cm³/mol. The normalized spacial score (nSPS) is 17.1. The van der Waals surface area contributed by atoms with Crippen LogP contribution in [-0.4, -0.2) is 48.2 Å². The lowest BCUT2D eigenvalue weighted by molar-refractivity contribution is 0.0950. The molecule has 35 heavy (non-hydrogen) atoms. The molecular weight excluding hydrogens is 442 g/mol. The van der Waals surface area contributed by atoms with Gasteiger partial charge in [-0.2, -0.15) is 0 Å². The number of hydrogen-bond acceptors (Lipinski definition) is 6. The number of aromatic nitrogens is 2. The number of fused-ring (bicyclic) bond motifs is 1. The van der Waals surface area contributed by atoms with Gasteiger partial charge >= 0.3 is 0 Å². The van der Waals surface area contributed by atoms with Gasteiger partial charge in [-0.15, -0.1) is 0 Å². The van der Waals surface area contributed by atoms with Gasteiger partial charge < -0.3 is 25.3 Å². The first-order chi connectivity index (χ1) is 16.9. The largest absolute Gasteiger partial charge is 0.489 e. The van der Waals surface area contributed by atoms with Gasteiger partial charge in [0.15, 0.2) is 0 Å². The highest BCUT2D eigenvalue weighted by Crippen LogP contribution is 2.40. The van der Waals surface area contributed by atoms with Crippen molar-refractivity contribution in [3.8, 4) is 16.9 Å². The topological polar surface area (TPSA) is 99.3 Å². The van der Waals surface area contributed by atoms with Gasteiger partial charge in [0.05, 0.1) is 0 Å². The van der Waals surface area contributed by atoms with Crippen molar-refractivity contribution in [3.63, 3.8) is 0 Å². The number of carbonyl (C=O) groups excluding carboxylic acids is 1. The fourth-order valence-corrected chi connectivity index (χ4v) is 4.88. The smallest absolute Gasteiger partial charge is 0.253 e. The van der Waals surface area contributed by atoms with Crippen molar-refractivity contribution in [2.24, 2.45) is 0 Å². The van der Waals surface area contributed by atoms with E-state index in [9.17, 15) is 9.59 Å². The highest BCUT2D eigenvalue weighted by atomic mass is 16.5. The number of carbonyl (C=O) groups is 1. The molecule has 3 N–H and O–H groups in total. The van der Waals surface area contributed by atoms with Crippen molar-refractivity contribution in [3.05, 3.63) is 74.8 Å². The molecule has 182 valence electrons. The molecule has 2 aliphatic rings. The number of anilines is 1. The fraction of sp³-hybridized carbons (Fsp3) is 0.370. The van der Waals surface area contributed by atoms with Crippen LogP contribution in [0.3, 0.4) is 0 Å². The Morgan fingerprint density at radius 1 is 1.20 bits per heavy atom. The third kappa shape index (κ3) is 4.79. The van der Waals surface area contributed by atoms with Crippen LogP contribution in [-0.2, 0) is 13.0 Å². The van der Waals surface area contributed by atoms with Gasteiger partial charge in [-0.25, -0.2) is 4.98 Å². The number of benzene rings is 1. The molecule has 1 unspecified atom stereocenters. The molecule has 5 rings (SSSR count). The molecular formula is C27H31N5O3. The summed E-state index contributed by atoms with van der Waals surface area (Å²) in [6.07, 6.45) is 2.65. The molecule has 4 heterocycles. The van der Waals surface area contributed by atoms with E-state index in [2.05, 4.69) is 20.5 Å². The number of pyridine rings is 2. The number of ether oxygens (including phenoxy) is 1. The van der Waals surface area contributed by atoms with Crippen LogP contribution in [0.2, 0.25) is 0 Å². The Hall–Kier alpha value is -3.65. The molecule has 0 aliphatic carbocycles. The Morgan fingerprint density at radius 2 is 2.00 bits per heavy atom. The summed E-state index contributed by atoms with van der Waals surface area (Å²) >= 11 is 0. The second-order valence-electron chi connectivity index (χ2n) is 9.41. The average Bonchev–Trinajstić information content (AvgIpc) is 3.23. The van der Waals surface area contributed by atoms with Crippen molar-refractivity contribution >= 4 is 11.7 Å². The lowest BCUT2D eigenvalue weighted by Crippen LogP contribution is -2.43. The maximum Gasteiger partial charge on any atom is 0.253 e. The highest BCUT2D eigenvalue weighted by molar-refractivity contribution is 5.96. The van der Waals surface area contributed by atoms with Crippen molar-refractivity contribution < 1.29 is 9.53 Å². The number of nitrogens with one attached hydrogen (secondary N) is 3. The second kappa shape index (κ2) is 9.54. The number of hydrogen-bond donors (Lipinski definition) is 3. The molecule has 1 fully saturated rings. The summed E-state index contributed by atoms with van der Waals surface area (Å²) in [4.78, 5) is 35.3. The van der Waals surface area contributed by atoms with Gasteiger partial charge in [-0.05, 0) is 62.2 Å². The summed E-state index contributed by atoms with van der Waals surface area (Å²) in [6, 6.07) is 9.74. The molecule has 0 spiro atoms. The van der Waals surface area contributed by atoms with Crippen LogP contribution in [0.5, 0.6) is 5.75 Å². The number of H-pyrrole nitrogens is 1. The van der Waals surface area contributed by atoms with Gasteiger partial charge in [-0.3, -0.25) is 9.59 Å². The highest BCUT2D eigenvalue weighted by Gasteiger charge is 2.26. The van der Waals surface area contributed by atoms with E-state index in [-0.39, 0.29) is 24.1 Å². The number of amides is 1. The van der Waals surface area contributed by atoms with Crippen LogP contribution in [0.4, 0.5) is 5.82 Å². The Balaban J connectivity index is 1.42. The maximum atomic E-state index is 13.1. The monoisotopic (exact) mass is 473 g/mol. The number of aromatic amines is 1. The molecule has 8 nitrogen and oxygen atoms in total. The Morgan fingerprint density at radius 3 is 2.71 bits per heavy atom. The SMILES string of the molecule is Cc1cc(C)c(CNC(=O)c2cc3c(c(-c4ccc(N5CCNCC5)nc4)c2)OC(C)C3)c(=O)[nH]1. The van der Waals surface area contributed by atoms with E-state index in [1.54, 1.807) is 0 Å². The summed E-state index contributed by atoms with van der Waals surface area (Å²) in [6.45, 7) is 9.69. The van der Waals surface area contributed by atoms with Gasteiger partial charge in [0.2, 0.25) is 0 Å². The molecule has 1 atom stereocenters. The summed E-state index contributed by atoms with van der Waals surface area (Å²) in [7, 11) is 0. The van der Waals surface area contributed by atoms with Crippen molar-refractivity contribution in [1.82, 2.24) is 20.6 Å². The summed E-state index contributed by atoms with van der Waals surface area (Å²) in [5.74, 6) is 1.55. The molecule has 3 aromatic rings. The summed E-state index contributed by atoms with van der Waals surface area (Å²) in [5.41, 5.74) is 5.39. The van der Waals surface area contributed by atoms with Crippen molar-refractivity contribution in [2.75, 3.05) is 31.1 Å². The van der Waals surface area contributed by atoms with Crippen LogP contribution >= 0.6 is 0 Å². The number of aryl methyl sites for hydroxylation is 2. The molecule has 2 aliphatic heterocycles. The first kappa shape index (κ1) is 23.1. The molecule has 2 aromatic heterocycles. The van der Waals surface area contributed by atoms with E-state index in [0.717, 1.165) is 72.1 Å². The Bertz CT molecular complexity index is 1310. The van der Waals surface area contributed by atoms with Gasteiger partial charge in [0, 0.05) is 73.3 Å². The minimum absolute atomic E-state index is 0.0453. The molecule has 0 saturated carbocycles. The van der Waals surface area contributed by atoms with Crippen LogP contribution in [0.15, 0.2) is 41.3 Å². The molecule has 1 saturated heterocycles. The zero-order valence-corrected chi connectivity index (χ0v) is 20.4. The van der Waals surface area contributed by atoms with Crippen LogP contribution < -0.4 is 25.8 Å². The third-order valence-corrected chi connectivity index (χ3v) is 6.67. The minimum atomic E-state index is -0.224. The van der Waals surface area contributed by atoms with E-state index in [0.29, 0.717) is 11.1 Å². The number of rotatable bonds is 5. The lowest BCUT2D eigenvalue weighted by Gasteiger charge is -2.28. The molecule has 1 aromatic carbocycles.